The summed E-state index contributed by atoms with van der Waals surface area (Å²) in [7, 11) is 0. The highest BCUT2D eigenvalue weighted by atomic mass is 79.9. The number of nitrogens with one attached hydrogen (secondary N) is 1. The van der Waals surface area contributed by atoms with Crippen molar-refractivity contribution in [1.82, 2.24) is 5.32 Å². The second kappa shape index (κ2) is 7.41. The van der Waals surface area contributed by atoms with Crippen molar-refractivity contribution in [3.8, 4) is 0 Å². The predicted octanol–water partition coefficient (Wildman–Crippen LogP) is 6.32. The molecule has 2 rings (SSSR count). The van der Waals surface area contributed by atoms with E-state index in [1.165, 1.54) is 16.0 Å². The molecule has 20 heavy (non-hydrogen) atoms. The minimum atomic E-state index is 0.190. The minimum absolute atomic E-state index is 0.190. The van der Waals surface area contributed by atoms with Crippen molar-refractivity contribution in [1.29, 1.82) is 0 Å². The maximum Gasteiger partial charge on any atom is 0.0888 e. The van der Waals surface area contributed by atoms with E-state index in [0.29, 0.717) is 0 Å². The summed E-state index contributed by atoms with van der Waals surface area (Å²) in [6, 6.07) is 8.72. The van der Waals surface area contributed by atoms with Gasteiger partial charge in [-0.25, -0.2) is 0 Å². The molecule has 0 spiro atoms. The molecular weight excluding hydrogens is 421 g/mol. The second-order valence-corrected chi connectivity index (χ2v) is 8.33. The fourth-order valence-electron chi connectivity index (χ4n) is 2.02. The van der Waals surface area contributed by atoms with E-state index in [-0.39, 0.29) is 6.04 Å². The van der Waals surface area contributed by atoms with Gasteiger partial charge in [-0.05, 0) is 59.1 Å². The zero-order valence-corrected chi connectivity index (χ0v) is 16.1. The highest BCUT2D eigenvalue weighted by Gasteiger charge is 2.18. The van der Waals surface area contributed by atoms with E-state index in [0.717, 1.165) is 26.2 Å². The van der Waals surface area contributed by atoms with Gasteiger partial charge < -0.3 is 5.32 Å². The van der Waals surface area contributed by atoms with E-state index in [1.807, 2.05) is 6.07 Å². The molecule has 2 aromatic rings. The number of hydrogen-bond acceptors (Lipinski definition) is 2. The SMILES string of the molecule is CCCNC(c1ccc(Br)c(C)c1)c1cc(Cl)c(Br)s1. The largest absolute Gasteiger partial charge is 0.306 e. The molecule has 0 saturated carbocycles. The standard InChI is InChI=1S/C15H16Br2ClNS/c1-3-6-19-14(13-8-12(18)15(17)20-13)10-4-5-11(16)9(2)7-10/h4-5,7-8,14,19H,3,6H2,1-2H3. The number of aryl methyl sites for hydroxylation is 1. The van der Waals surface area contributed by atoms with Gasteiger partial charge in [0.25, 0.3) is 0 Å². The molecule has 1 heterocycles. The number of hydrogen-bond donors (Lipinski definition) is 1. The Balaban J connectivity index is 2.38. The van der Waals surface area contributed by atoms with Crippen LogP contribution in [0.2, 0.25) is 5.02 Å². The lowest BCUT2D eigenvalue weighted by Crippen LogP contribution is -2.22. The number of halogens is 3. The first-order chi connectivity index (χ1) is 9.52. The highest BCUT2D eigenvalue weighted by molar-refractivity contribution is 9.11. The van der Waals surface area contributed by atoms with Gasteiger partial charge in [0.05, 0.1) is 14.9 Å². The van der Waals surface area contributed by atoms with Crippen molar-refractivity contribution in [2.45, 2.75) is 26.3 Å². The van der Waals surface area contributed by atoms with Gasteiger partial charge in [0, 0.05) is 9.35 Å². The summed E-state index contributed by atoms with van der Waals surface area (Å²) in [6.45, 7) is 5.27. The molecule has 0 amide bonds. The van der Waals surface area contributed by atoms with Gasteiger partial charge in [-0.15, -0.1) is 11.3 Å². The second-order valence-electron chi connectivity index (χ2n) is 4.67. The van der Waals surface area contributed by atoms with Crippen LogP contribution >= 0.6 is 54.8 Å². The van der Waals surface area contributed by atoms with Gasteiger partial charge in [-0.3, -0.25) is 0 Å². The molecule has 1 atom stereocenters. The summed E-state index contributed by atoms with van der Waals surface area (Å²) in [6.07, 6.45) is 1.10. The van der Waals surface area contributed by atoms with Crippen LogP contribution in [0.15, 0.2) is 32.5 Å². The first kappa shape index (κ1) is 16.5. The monoisotopic (exact) mass is 435 g/mol. The molecule has 1 aromatic carbocycles. The molecule has 0 fully saturated rings. The Morgan fingerprint density at radius 2 is 2.05 bits per heavy atom. The van der Waals surface area contributed by atoms with E-state index in [4.69, 9.17) is 11.6 Å². The van der Waals surface area contributed by atoms with Crippen LogP contribution in [-0.4, -0.2) is 6.54 Å². The van der Waals surface area contributed by atoms with Crippen LogP contribution in [0.25, 0.3) is 0 Å². The molecule has 0 saturated heterocycles. The smallest absolute Gasteiger partial charge is 0.0888 e. The third kappa shape index (κ3) is 3.86. The van der Waals surface area contributed by atoms with Crippen molar-refractivity contribution in [2.75, 3.05) is 6.54 Å². The summed E-state index contributed by atoms with van der Waals surface area (Å²) >= 11 is 14.9. The van der Waals surface area contributed by atoms with Crippen LogP contribution < -0.4 is 5.32 Å². The molecule has 0 aliphatic rings. The Kier molecular flexibility index (Phi) is 6.11. The topological polar surface area (TPSA) is 12.0 Å². The first-order valence-electron chi connectivity index (χ1n) is 6.47. The molecule has 108 valence electrons. The zero-order valence-electron chi connectivity index (χ0n) is 11.3. The third-order valence-corrected chi connectivity index (χ3v) is 6.49. The molecule has 1 nitrogen and oxygen atoms in total. The quantitative estimate of drug-likeness (QED) is 0.577. The Morgan fingerprint density at radius 1 is 1.30 bits per heavy atom. The number of rotatable bonds is 5. The van der Waals surface area contributed by atoms with Crippen molar-refractivity contribution in [2.24, 2.45) is 0 Å². The van der Waals surface area contributed by atoms with Gasteiger partial charge in [-0.1, -0.05) is 46.6 Å². The van der Waals surface area contributed by atoms with Gasteiger partial charge in [0.1, 0.15) is 0 Å². The molecular formula is C15H16Br2ClNS. The molecule has 1 N–H and O–H groups in total. The van der Waals surface area contributed by atoms with E-state index in [2.05, 4.69) is 69.2 Å². The van der Waals surface area contributed by atoms with E-state index in [1.54, 1.807) is 11.3 Å². The average molecular weight is 438 g/mol. The van der Waals surface area contributed by atoms with Gasteiger partial charge in [0.15, 0.2) is 0 Å². The highest BCUT2D eigenvalue weighted by Crippen LogP contribution is 2.38. The Hall–Kier alpha value is 0.130. The van der Waals surface area contributed by atoms with Crippen LogP contribution in [-0.2, 0) is 0 Å². The van der Waals surface area contributed by atoms with Crippen LogP contribution in [0.1, 0.15) is 35.4 Å². The number of thiophene rings is 1. The fourth-order valence-corrected chi connectivity index (χ4v) is 4.12. The zero-order chi connectivity index (χ0) is 14.7. The van der Waals surface area contributed by atoms with Crippen molar-refractivity contribution < 1.29 is 0 Å². The number of benzene rings is 1. The first-order valence-corrected chi connectivity index (χ1v) is 9.25. The van der Waals surface area contributed by atoms with Gasteiger partial charge in [-0.2, -0.15) is 0 Å². The Labute approximate surface area is 146 Å². The average Bonchev–Trinajstić information content (AvgIpc) is 2.74. The maximum absolute atomic E-state index is 6.18. The van der Waals surface area contributed by atoms with Crippen molar-refractivity contribution in [3.05, 3.63) is 53.6 Å². The lowest BCUT2D eigenvalue weighted by molar-refractivity contribution is 0.605. The van der Waals surface area contributed by atoms with Crippen LogP contribution in [0.4, 0.5) is 0 Å². The van der Waals surface area contributed by atoms with Gasteiger partial charge in [0.2, 0.25) is 0 Å². The third-order valence-electron chi connectivity index (χ3n) is 3.06. The van der Waals surface area contributed by atoms with E-state index in [9.17, 15) is 0 Å². The Bertz CT molecular complexity index is 578. The fraction of sp³-hybridized carbons (Fsp3) is 0.333. The normalized spacial score (nSPS) is 12.7. The lowest BCUT2D eigenvalue weighted by Gasteiger charge is -2.18. The summed E-state index contributed by atoms with van der Waals surface area (Å²) in [4.78, 5) is 1.23. The molecule has 1 unspecified atom stereocenters. The lowest BCUT2D eigenvalue weighted by atomic mass is 10.0. The molecule has 1 aromatic heterocycles. The molecule has 0 radical (unpaired) electrons. The van der Waals surface area contributed by atoms with E-state index < -0.39 is 0 Å². The van der Waals surface area contributed by atoms with Crippen molar-refractivity contribution >= 4 is 54.8 Å². The summed E-state index contributed by atoms with van der Waals surface area (Å²) < 4.78 is 2.13. The molecule has 0 bridgehead atoms. The molecule has 5 heteroatoms. The summed E-state index contributed by atoms with van der Waals surface area (Å²) in [5, 5.41) is 4.38. The Morgan fingerprint density at radius 3 is 2.60 bits per heavy atom. The minimum Gasteiger partial charge on any atom is -0.306 e. The molecule has 0 aliphatic heterocycles. The summed E-state index contributed by atoms with van der Waals surface area (Å²) in [5.74, 6) is 0. The summed E-state index contributed by atoms with van der Waals surface area (Å²) in [5.41, 5.74) is 2.51. The maximum atomic E-state index is 6.18. The molecule has 0 aliphatic carbocycles. The van der Waals surface area contributed by atoms with Crippen LogP contribution in [0.3, 0.4) is 0 Å². The van der Waals surface area contributed by atoms with Gasteiger partial charge >= 0.3 is 0 Å². The predicted molar refractivity (Wildman–Crippen MR) is 96.0 cm³/mol. The van der Waals surface area contributed by atoms with Crippen LogP contribution in [0, 0.1) is 6.92 Å². The van der Waals surface area contributed by atoms with E-state index >= 15 is 0 Å². The van der Waals surface area contributed by atoms with Crippen molar-refractivity contribution in [3.63, 3.8) is 0 Å². The van der Waals surface area contributed by atoms with Crippen LogP contribution in [0.5, 0.6) is 0 Å².